The van der Waals surface area contributed by atoms with Crippen molar-refractivity contribution in [2.75, 3.05) is 0 Å². The van der Waals surface area contributed by atoms with Gasteiger partial charge in [-0.25, -0.2) is 0 Å². The van der Waals surface area contributed by atoms with Crippen LogP contribution in [-0.2, 0) is 4.79 Å². The molecule has 0 amide bonds. The molecule has 3 heteroatoms. The maximum absolute atomic E-state index is 9.78. The minimum atomic E-state index is -1.11. The molecule has 0 aliphatic rings. The molecule has 0 saturated heterocycles. The fourth-order valence-electron chi connectivity index (χ4n) is 0.357. The summed E-state index contributed by atoms with van der Waals surface area (Å²) in [6.07, 6.45) is 5.10. The summed E-state index contributed by atoms with van der Waals surface area (Å²) in [5.41, 5.74) is 5.19. The van der Waals surface area contributed by atoms with Crippen LogP contribution in [-0.4, -0.2) is 12.0 Å². The van der Waals surface area contributed by atoms with Gasteiger partial charge in [-0.05, 0) is 12.8 Å². The normalized spacial score (nSPS) is 12.0. The van der Waals surface area contributed by atoms with Gasteiger partial charge in [-0.1, -0.05) is 5.92 Å². The zero-order valence-corrected chi connectivity index (χ0v) is 4.96. The van der Waals surface area contributed by atoms with Crippen molar-refractivity contribution in [3.63, 3.8) is 0 Å². The summed E-state index contributed by atoms with van der Waals surface area (Å²) in [4.78, 5) is 9.78. The predicted octanol–water partition coefficient (Wildman–Crippen LogP) is -1.52. The number of terminal acetylenes is 1. The van der Waals surface area contributed by atoms with Crippen molar-refractivity contribution in [2.45, 2.75) is 18.9 Å². The number of hydrogen-bond acceptors (Lipinski definition) is 3. The summed E-state index contributed by atoms with van der Waals surface area (Å²) in [6.45, 7) is 0. The average Bonchev–Trinajstić information content (AvgIpc) is 1.83. The van der Waals surface area contributed by atoms with Crippen molar-refractivity contribution in [1.82, 2.24) is 0 Å². The topological polar surface area (TPSA) is 66.2 Å². The molecule has 1 unspecified atom stereocenters. The molecule has 0 spiro atoms. The van der Waals surface area contributed by atoms with E-state index in [9.17, 15) is 9.90 Å². The molecular weight excluding hydrogens is 118 g/mol. The Hall–Kier alpha value is -1.01. The molecule has 2 N–H and O–H groups in total. The van der Waals surface area contributed by atoms with E-state index in [0.29, 0.717) is 6.42 Å². The molecule has 0 aromatic carbocycles. The van der Waals surface area contributed by atoms with Crippen molar-refractivity contribution < 1.29 is 9.90 Å². The predicted molar refractivity (Wildman–Crippen MR) is 31.0 cm³/mol. The number of nitrogens with two attached hydrogens (primary N) is 1. The first-order valence-corrected chi connectivity index (χ1v) is 2.58. The number of carbonyl (C=O) groups is 1. The van der Waals surface area contributed by atoms with Gasteiger partial charge in [0.05, 0.1) is 6.04 Å². The highest BCUT2D eigenvalue weighted by molar-refractivity contribution is 5.64. The van der Waals surface area contributed by atoms with E-state index in [1.54, 1.807) is 0 Å². The lowest BCUT2D eigenvalue weighted by molar-refractivity contribution is -0.305. The van der Waals surface area contributed by atoms with Crippen LogP contribution in [0.2, 0.25) is 0 Å². The van der Waals surface area contributed by atoms with Crippen LogP contribution in [0.4, 0.5) is 0 Å². The number of rotatable bonds is 3. The van der Waals surface area contributed by atoms with E-state index in [-0.39, 0.29) is 6.42 Å². The quantitative estimate of drug-likeness (QED) is 0.467. The van der Waals surface area contributed by atoms with Gasteiger partial charge in [0, 0.05) is 5.97 Å². The molecule has 0 saturated carbocycles. The van der Waals surface area contributed by atoms with E-state index in [1.807, 2.05) is 0 Å². The Morgan fingerprint density at radius 3 is 2.78 bits per heavy atom. The molecular formula is C6H8NO2-. The molecule has 0 aliphatic carbocycles. The Morgan fingerprint density at radius 1 is 1.89 bits per heavy atom. The smallest absolute Gasteiger partial charge is 0.0665 e. The third-order valence-corrected chi connectivity index (χ3v) is 0.874. The first kappa shape index (κ1) is 7.99. The summed E-state index contributed by atoms with van der Waals surface area (Å²) in [6, 6.07) is -0.456. The maximum Gasteiger partial charge on any atom is 0.0665 e. The largest absolute Gasteiger partial charge is 0.550 e. The standard InChI is InChI=1S/C6H9NO2/c1-2-5(7)3-4-6(8)9/h1,5H,3-4,7H2,(H,8,9)/p-1. The van der Waals surface area contributed by atoms with Gasteiger partial charge >= 0.3 is 0 Å². The van der Waals surface area contributed by atoms with Gasteiger partial charge in [0.25, 0.3) is 0 Å². The Kier molecular flexibility index (Phi) is 3.49. The molecule has 0 aromatic rings. The molecule has 9 heavy (non-hydrogen) atoms. The summed E-state index contributed by atoms with van der Waals surface area (Å²) in [5.74, 6) is 1.10. The first-order chi connectivity index (χ1) is 4.16. The number of hydrogen-bond donors (Lipinski definition) is 1. The highest BCUT2D eigenvalue weighted by Gasteiger charge is 1.94. The SMILES string of the molecule is C#CC(N)CCC(=O)[O-]. The molecule has 0 fully saturated rings. The molecule has 0 radical (unpaired) electrons. The lowest BCUT2D eigenvalue weighted by Gasteiger charge is -2.02. The second kappa shape index (κ2) is 3.93. The van der Waals surface area contributed by atoms with Crippen LogP contribution in [0.1, 0.15) is 12.8 Å². The summed E-state index contributed by atoms with van der Waals surface area (Å²) < 4.78 is 0. The van der Waals surface area contributed by atoms with E-state index < -0.39 is 12.0 Å². The van der Waals surface area contributed by atoms with Crippen molar-refractivity contribution in [3.05, 3.63) is 0 Å². The highest BCUT2D eigenvalue weighted by Crippen LogP contribution is 1.89. The van der Waals surface area contributed by atoms with Gasteiger partial charge in [0.2, 0.25) is 0 Å². The van der Waals surface area contributed by atoms with Crippen LogP contribution in [0.3, 0.4) is 0 Å². The third-order valence-electron chi connectivity index (χ3n) is 0.874. The fourth-order valence-corrected chi connectivity index (χ4v) is 0.357. The molecule has 3 nitrogen and oxygen atoms in total. The van der Waals surface area contributed by atoms with Gasteiger partial charge in [-0.3, -0.25) is 0 Å². The van der Waals surface area contributed by atoms with Crippen LogP contribution < -0.4 is 10.8 Å². The molecule has 0 heterocycles. The van der Waals surface area contributed by atoms with Gasteiger partial charge < -0.3 is 15.6 Å². The fraction of sp³-hybridized carbons (Fsp3) is 0.500. The van der Waals surface area contributed by atoms with E-state index >= 15 is 0 Å². The number of carbonyl (C=O) groups excluding carboxylic acids is 1. The summed E-state index contributed by atoms with van der Waals surface area (Å²) in [7, 11) is 0. The molecule has 0 rings (SSSR count). The van der Waals surface area contributed by atoms with E-state index in [0.717, 1.165) is 0 Å². The number of carboxylic acids is 1. The van der Waals surface area contributed by atoms with Gasteiger partial charge in [-0.2, -0.15) is 0 Å². The summed E-state index contributed by atoms with van der Waals surface area (Å²) in [5, 5.41) is 9.78. The Bertz CT molecular complexity index is 136. The van der Waals surface area contributed by atoms with Crippen LogP contribution in [0.25, 0.3) is 0 Å². The van der Waals surface area contributed by atoms with Crippen LogP contribution in [0, 0.1) is 12.3 Å². The number of aliphatic carboxylic acids is 1. The van der Waals surface area contributed by atoms with Crippen molar-refractivity contribution >= 4 is 5.97 Å². The van der Waals surface area contributed by atoms with Gasteiger partial charge in [0.15, 0.2) is 0 Å². The molecule has 0 bridgehead atoms. The first-order valence-electron chi connectivity index (χ1n) is 2.58. The minimum absolute atomic E-state index is 0.0641. The molecule has 1 atom stereocenters. The minimum Gasteiger partial charge on any atom is -0.550 e. The molecule has 50 valence electrons. The second-order valence-electron chi connectivity index (χ2n) is 1.68. The summed E-state index contributed by atoms with van der Waals surface area (Å²) >= 11 is 0. The number of carboxylic acid groups (broad SMARTS) is 1. The van der Waals surface area contributed by atoms with Gasteiger partial charge in [-0.15, -0.1) is 6.42 Å². The Labute approximate surface area is 53.9 Å². The van der Waals surface area contributed by atoms with E-state index in [2.05, 4.69) is 5.92 Å². The lowest BCUT2D eigenvalue weighted by Crippen LogP contribution is -2.26. The van der Waals surface area contributed by atoms with E-state index in [4.69, 9.17) is 12.2 Å². The van der Waals surface area contributed by atoms with Crippen LogP contribution in [0.5, 0.6) is 0 Å². The van der Waals surface area contributed by atoms with E-state index in [1.165, 1.54) is 0 Å². The van der Waals surface area contributed by atoms with Crippen LogP contribution in [0.15, 0.2) is 0 Å². The van der Waals surface area contributed by atoms with Crippen molar-refractivity contribution in [1.29, 1.82) is 0 Å². The third kappa shape index (κ3) is 4.85. The molecule has 0 aliphatic heterocycles. The van der Waals surface area contributed by atoms with Crippen molar-refractivity contribution in [2.24, 2.45) is 5.73 Å². The maximum atomic E-state index is 9.78. The average molecular weight is 126 g/mol. The van der Waals surface area contributed by atoms with Crippen LogP contribution >= 0.6 is 0 Å². The Morgan fingerprint density at radius 2 is 2.44 bits per heavy atom. The zero-order valence-electron chi connectivity index (χ0n) is 4.96. The Balaban J connectivity index is 3.30. The highest BCUT2D eigenvalue weighted by atomic mass is 16.4. The molecule has 0 aromatic heterocycles. The van der Waals surface area contributed by atoms with Crippen molar-refractivity contribution in [3.8, 4) is 12.3 Å². The zero-order chi connectivity index (χ0) is 7.28. The monoisotopic (exact) mass is 126 g/mol. The van der Waals surface area contributed by atoms with Gasteiger partial charge in [0.1, 0.15) is 0 Å². The second-order valence-corrected chi connectivity index (χ2v) is 1.68. The lowest BCUT2D eigenvalue weighted by atomic mass is 10.2.